The first-order valence-corrected chi connectivity index (χ1v) is 6.18. The number of carboxylic acids is 1. The van der Waals surface area contributed by atoms with Crippen molar-refractivity contribution in [3.05, 3.63) is 23.8 Å². The van der Waals surface area contributed by atoms with Gasteiger partial charge in [-0.1, -0.05) is 0 Å². The first kappa shape index (κ1) is 13.4. The van der Waals surface area contributed by atoms with Gasteiger partial charge in [-0.15, -0.1) is 0 Å². The molecular formula is C13H17N3O3. The molecule has 1 aromatic rings. The number of carboxylic acid groups (broad SMARTS) is 1. The largest absolute Gasteiger partial charge is 0.478 e. The summed E-state index contributed by atoms with van der Waals surface area (Å²) < 4.78 is 0. The van der Waals surface area contributed by atoms with Gasteiger partial charge in [0.25, 0.3) is 0 Å². The molecule has 1 aliphatic rings. The smallest absolute Gasteiger partial charge is 0.335 e. The van der Waals surface area contributed by atoms with E-state index in [-0.39, 0.29) is 11.5 Å². The number of nitrogens with zero attached hydrogens (tertiary/aromatic N) is 1. The topological polar surface area (TPSA) is 81.7 Å². The molecule has 0 bridgehead atoms. The molecule has 0 atom stereocenters. The van der Waals surface area contributed by atoms with Crippen LogP contribution in [-0.4, -0.2) is 43.7 Å². The maximum Gasteiger partial charge on any atom is 0.335 e. The van der Waals surface area contributed by atoms with E-state index >= 15 is 0 Å². The van der Waals surface area contributed by atoms with Gasteiger partial charge in [0.2, 0.25) is 5.91 Å². The highest BCUT2D eigenvalue weighted by Gasteiger charge is 2.22. The summed E-state index contributed by atoms with van der Waals surface area (Å²) in [6, 6.07) is 4.81. The SMILES string of the molecule is CNCCCN1CC(=O)Nc2cc(C(=O)O)ccc21. The lowest BCUT2D eigenvalue weighted by Gasteiger charge is -2.31. The molecule has 6 nitrogen and oxygen atoms in total. The number of carbonyl (C=O) groups excluding carboxylic acids is 1. The summed E-state index contributed by atoms with van der Waals surface area (Å²) in [5.41, 5.74) is 1.62. The number of carbonyl (C=O) groups is 2. The Morgan fingerprint density at radius 1 is 1.53 bits per heavy atom. The summed E-state index contributed by atoms with van der Waals surface area (Å²) in [6.45, 7) is 1.94. The fraction of sp³-hybridized carbons (Fsp3) is 0.385. The van der Waals surface area contributed by atoms with Crippen molar-refractivity contribution in [3.8, 4) is 0 Å². The number of nitrogens with one attached hydrogen (secondary N) is 2. The molecular weight excluding hydrogens is 246 g/mol. The van der Waals surface area contributed by atoms with Gasteiger partial charge in [0.05, 0.1) is 23.5 Å². The van der Waals surface area contributed by atoms with Crippen LogP contribution < -0.4 is 15.5 Å². The normalized spacial score (nSPS) is 13.9. The molecule has 1 aliphatic heterocycles. The molecule has 0 spiro atoms. The third-order valence-electron chi connectivity index (χ3n) is 3.05. The van der Waals surface area contributed by atoms with E-state index in [1.165, 1.54) is 6.07 Å². The fourth-order valence-corrected chi connectivity index (χ4v) is 2.14. The van der Waals surface area contributed by atoms with E-state index in [2.05, 4.69) is 10.6 Å². The number of aromatic carboxylic acids is 1. The lowest BCUT2D eigenvalue weighted by atomic mass is 10.1. The molecule has 0 radical (unpaired) electrons. The molecule has 102 valence electrons. The monoisotopic (exact) mass is 263 g/mol. The Bertz CT molecular complexity index is 502. The number of hydrogen-bond donors (Lipinski definition) is 3. The van der Waals surface area contributed by atoms with E-state index in [0.717, 1.165) is 25.2 Å². The number of rotatable bonds is 5. The van der Waals surface area contributed by atoms with Gasteiger partial charge in [0.15, 0.2) is 0 Å². The average molecular weight is 263 g/mol. The summed E-state index contributed by atoms with van der Waals surface area (Å²) in [4.78, 5) is 24.5. The predicted molar refractivity (Wildman–Crippen MR) is 72.8 cm³/mol. The van der Waals surface area contributed by atoms with Gasteiger partial charge in [-0.05, 0) is 38.2 Å². The molecule has 3 N–H and O–H groups in total. The third kappa shape index (κ3) is 3.03. The van der Waals surface area contributed by atoms with Crippen molar-refractivity contribution in [3.63, 3.8) is 0 Å². The first-order valence-electron chi connectivity index (χ1n) is 6.18. The van der Waals surface area contributed by atoms with Crippen LogP contribution in [0.5, 0.6) is 0 Å². The molecule has 0 saturated heterocycles. The lowest BCUT2D eigenvalue weighted by Crippen LogP contribution is -2.39. The number of anilines is 2. The van der Waals surface area contributed by atoms with Gasteiger partial charge in [-0.3, -0.25) is 4.79 Å². The Labute approximate surface area is 111 Å². The van der Waals surface area contributed by atoms with Crippen LogP contribution in [0.15, 0.2) is 18.2 Å². The highest BCUT2D eigenvalue weighted by atomic mass is 16.4. The van der Waals surface area contributed by atoms with E-state index < -0.39 is 5.97 Å². The molecule has 0 unspecified atom stereocenters. The molecule has 19 heavy (non-hydrogen) atoms. The van der Waals surface area contributed by atoms with Crippen LogP contribution in [-0.2, 0) is 4.79 Å². The van der Waals surface area contributed by atoms with Crippen LogP contribution in [0.25, 0.3) is 0 Å². The van der Waals surface area contributed by atoms with Crippen LogP contribution in [0.1, 0.15) is 16.8 Å². The molecule has 0 saturated carbocycles. The molecule has 0 fully saturated rings. The van der Waals surface area contributed by atoms with Crippen molar-refractivity contribution in [2.24, 2.45) is 0 Å². The molecule has 6 heteroatoms. The molecule has 1 heterocycles. The second-order valence-corrected chi connectivity index (χ2v) is 4.46. The Hall–Kier alpha value is -2.08. The zero-order valence-corrected chi connectivity index (χ0v) is 10.8. The summed E-state index contributed by atoms with van der Waals surface area (Å²) in [5.74, 6) is -1.11. The minimum Gasteiger partial charge on any atom is -0.478 e. The third-order valence-corrected chi connectivity index (χ3v) is 3.05. The van der Waals surface area contributed by atoms with Crippen molar-refractivity contribution in [2.75, 3.05) is 36.9 Å². The van der Waals surface area contributed by atoms with Gasteiger partial charge in [-0.2, -0.15) is 0 Å². The van der Waals surface area contributed by atoms with E-state index in [9.17, 15) is 9.59 Å². The van der Waals surface area contributed by atoms with Gasteiger partial charge in [-0.25, -0.2) is 4.79 Å². The minimum atomic E-state index is -0.996. The molecule has 0 aliphatic carbocycles. The van der Waals surface area contributed by atoms with Crippen molar-refractivity contribution < 1.29 is 14.7 Å². The molecule has 1 amide bonds. The van der Waals surface area contributed by atoms with E-state index in [1.54, 1.807) is 12.1 Å². The maximum absolute atomic E-state index is 11.6. The van der Waals surface area contributed by atoms with Crippen molar-refractivity contribution in [2.45, 2.75) is 6.42 Å². The molecule has 2 rings (SSSR count). The first-order chi connectivity index (χ1) is 9.11. The maximum atomic E-state index is 11.6. The van der Waals surface area contributed by atoms with Crippen LogP contribution in [0, 0.1) is 0 Å². The number of amides is 1. The van der Waals surface area contributed by atoms with Gasteiger partial charge < -0.3 is 20.6 Å². The Morgan fingerprint density at radius 2 is 2.32 bits per heavy atom. The average Bonchev–Trinajstić information content (AvgIpc) is 2.37. The fourth-order valence-electron chi connectivity index (χ4n) is 2.14. The zero-order chi connectivity index (χ0) is 13.8. The van der Waals surface area contributed by atoms with Crippen molar-refractivity contribution >= 4 is 23.3 Å². The Balaban J connectivity index is 2.22. The molecule has 0 aromatic heterocycles. The van der Waals surface area contributed by atoms with Crippen LogP contribution in [0.2, 0.25) is 0 Å². The highest BCUT2D eigenvalue weighted by molar-refractivity contribution is 6.02. The second kappa shape index (κ2) is 5.71. The number of fused-ring (bicyclic) bond motifs is 1. The van der Waals surface area contributed by atoms with E-state index in [0.29, 0.717) is 12.2 Å². The van der Waals surface area contributed by atoms with Gasteiger partial charge >= 0.3 is 5.97 Å². The quantitative estimate of drug-likeness (QED) is 0.683. The standard InChI is InChI=1S/C13H17N3O3/c1-14-5-2-6-16-8-12(17)15-10-7-9(13(18)19)3-4-11(10)16/h3-4,7,14H,2,5-6,8H2,1H3,(H,15,17)(H,18,19). The minimum absolute atomic E-state index is 0.112. The molecule has 1 aromatic carbocycles. The van der Waals surface area contributed by atoms with Gasteiger partial charge in [0, 0.05) is 6.54 Å². The van der Waals surface area contributed by atoms with Gasteiger partial charge in [0.1, 0.15) is 0 Å². The van der Waals surface area contributed by atoms with E-state index in [1.807, 2.05) is 11.9 Å². The van der Waals surface area contributed by atoms with Crippen molar-refractivity contribution in [1.82, 2.24) is 5.32 Å². The number of benzene rings is 1. The van der Waals surface area contributed by atoms with Crippen molar-refractivity contribution in [1.29, 1.82) is 0 Å². The number of hydrogen-bond acceptors (Lipinski definition) is 4. The Kier molecular flexibility index (Phi) is 4.01. The summed E-state index contributed by atoms with van der Waals surface area (Å²) >= 11 is 0. The summed E-state index contributed by atoms with van der Waals surface area (Å²) in [6.07, 6.45) is 0.921. The summed E-state index contributed by atoms with van der Waals surface area (Å²) in [5, 5.41) is 14.7. The highest BCUT2D eigenvalue weighted by Crippen LogP contribution is 2.30. The summed E-state index contributed by atoms with van der Waals surface area (Å²) in [7, 11) is 1.88. The lowest BCUT2D eigenvalue weighted by molar-refractivity contribution is -0.115. The predicted octanol–water partition coefficient (Wildman–Crippen LogP) is 0.753. The van der Waals surface area contributed by atoms with E-state index in [4.69, 9.17) is 5.11 Å². The second-order valence-electron chi connectivity index (χ2n) is 4.46. The zero-order valence-electron chi connectivity index (χ0n) is 10.8. The van der Waals surface area contributed by atoms with Crippen LogP contribution in [0.4, 0.5) is 11.4 Å². The van der Waals surface area contributed by atoms with Crippen LogP contribution >= 0.6 is 0 Å². The Morgan fingerprint density at radius 3 is 3.00 bits per heavy atom. The van der Waals surface area contributed by atoms with Crippen LogP contribution in [0.3, 0.4) is 0 Å².